The van der Waals surface area contributed by atoms with Crippen LogP contribution >= 0.6 is 0 Å². The van der Waals surface area contributed by atoms with Crippen molar-refractivity contribution < 1.29 is 19.1 Å². The molecule has 1 fully saturated rings. The Morgan fingerprint density at radius 3 is 2.78 bits per heavy atom. The summed E-state index contributed by atoms with van der Waals surface area (Å²) in [6.07, 6.45) is 3.13. The molecule has 120 valence electrons. The average molecular weight is 318 g/mol. The van der Waals surface area contributed by atoms with Crippen LogP contribution in [0.4, 0.5) is 14.9 Å². The van der Waals surface area contributed by atoms with Gasteiger partial charge in [0.15, 0.2) is 11.5 Å². The van der Waals surface area contributed by atoms with Gasteiger partial charge in [-0.25, -0.2) is 9.18 Å². The molecule has 1 saturated carbocycles. The Kier molecular flexibility index (Phi) is 4.14. The number of aromatic nitrogens is 1. The zero-order valence-corrected chi connectivity index (χ0v) is 12.1. The molecule has 0 bridgehead atoms. The highest BCUT2D eigenvalue weighted by molar-refractivity contribution is 6.01. The molecule has 1 aromatic heterocycles. The molecule has 8 heteroatoms. The molecule has 23 heavy (non-hydrogen) atoms. The largest absolute Gasteiger partial charge is 0.510 e. The lowest BCUT2D eigenvalue weighted by molar-refractivity contribution is -0.122. The number of halogens is 1. The van der Waals surface area contributed by atoms with Crippen LogP contribution in [-0.4, -0.2) is 28.1 Å². The molecule has 0 spiro atoms. The highest BCUT2D eigenvalue weighted by atomic mass is 19.1. The van der Waals surface area contributed by atoms with E-state index in [1.165, 1.54) is 12.4 Å². The summed E-state index contributed by atoms with van der Waals surface area (Å²) in [5.41, 5.74) is 0.159. The van der Waals surface area contributed by atoms with Crippen LogP contribution in [0.25, 0.3) is 0 Å². The number of alkyl halides is 1. The monoisotopic (exact) mass is 318 g/mol. The third kappa shape index (κ3) is 2.96. The van der Waals surface area contributed by atoms with Crippen LogP contribution in [0.3, 0.4) is 0 Å². The molecule has 2 aliphatic carbocycles. The van der Waals surface area contributed by atoms with Gasteiger partial charge in [0.1, 0.15) is 11.9 Å². The van der Waals surface area contributed by atoms with Crippen molar-refractivity contribution in [1.29, 1.82) is 0 Å². The van der Waals surface area contributed by atoms with Gasteiger partial charge in [0.2, 0.25) is 0 Å². The summed E-state index contributed by atoms with van der Waals surface area (Å²) in [5, 5.41) is 19.4. The van der Waals surface area contributed by atoms with Crippen LogP contribution in [0.2, 0.25) is 0 Å². The van der Waals surface area contributed by atoms with E-state index >= 15 is 0 Å². The number of hydrogen-bond donors (Lipinski definition) is 2. The molecular weight excluding hydrogens is 303 g/mol. The van der Waals surface area contributed by atoms with Crippen molar-refractivity contribution in [3.8, 4) is 0 Å². The smallest absolute Gasteiger partial charge is 0.364 e. The number of nitrogens with one attached hydrogen (secondary N) is 1. The lowest BCUT2D eigenvalue weighted by Gasteiger charge is -2.27. The molecule has 1 aromatic rings. The summed E-state index contributed by atoms with van der Waals surface area (Å²) in [5.74, 6) is -2.30. The molecule has 7 nitrogen and oxygen atoms in total. The van der Waals surface area contributed by atoms with Crippen molar-refractivity contribution in [2.75, 3.05) is 5.32 Å². The predicted octanol–water partition coefficient (Wildman–Crippen LogP) is 3.17. The van der Waals surface area contributed by atoms with Gasteiger partial charge in [-0.05, 0) is 31.4 Å². The second kappa shape index (κ2) is 6.23. The maximum Gasteiger partial charge on any atom is 0.364 e. The Morgan fingerprint density at radius 1 is 1.35 bits per heavy atom. The van der Waals surface area contributed by atoms with E-state index < -0.39 is 29.8 Å². The number of fused-ring (bicyclic) bond motifs is 1. The van der Waals surface area contributed by atoms with E-state index in [1.807, 2.05) is 0 Å². The van der Waals surface area contributed by atoms with Gasteiger partial charge in [-0.1, -0.05) is 5.11 Å². The third-order valence-corrected chi connectivity index (χ3v) is 4.12. The number of aliphatic hydroxyl groups is 1. The maximum atomic E-state index is 13.9. The number of allylic oxidation sites excluding steroid dienone is 2. The molecule has 3 unspecified atom stereocenters. The number of carbonyl (C=O) groups excluding carboxylic acids is 2. The van der Waals surface area contributed by atoms with Gasteiger partial charge in [0, 0.05) is 24.0 Å². The standard InChI is InChI=1S/C15H15FN4O3/c16-10-3-1-2-9-11(10)14(22)12(13(9)21)19-20-15(23)18-8-4-6-17-7-5-8/h4-7,9-11,21H,1-3H2,(H,17,18,23). The summed E-state index contributed by atoms with van der Waals surface area (Å²) < 4.78 is 13.9. The van der Waals surface area contributed by atoms with E-state index in [2.05, 4.69) is 20.5 Å². The summed E-state index contributed by atoms with van der Waals surface area (Å²) in [4.78, 5) is 27.7. The van der Waals surface area contributed by atoms with Gasteiger partial charge in [0.25, 0.3) is 0 Å². The number of aliphatic hydroxyl groups excluding tert-OH is 1. The zero-order chi connectivity index (χ0) is 16.4. The van der Waals surface area contributed by atoms with E-state index in [-0.39, 0.29) is 11.5 Å². The van der Waals surface area contributed by atoms with E-state index in [0.29, 0.717) is 24.9 Å². The van der Waals surface area contributed by atoms with Crippen molar-refractivity contribution in [2.24, 2.45) is 22.1 Å². The SMILES string of the molecule is O=C(N=NC1=C(O)C2CCCC(F)C2C1=O)Nc1ccncc1. The number of azo groups is 1. The van der Waals surface area contributed by atoms with Crippen LogP contribution in [-0.2, 0) is 4.79 Å². The molecule has 0 aliphatic heterocycles. The summed E-state index contributed by atoms with van der Waals surface area (Å²) in [7, 11) is 0. The second-order valence-corrected chi connectivity index (χ2v) is 5.54. The van der Waals surface area contributed by atoms with E-state index in [9.17, 15) is 19.1 Å². The zero-order valence-electron chi connectivity index (χ0n) is 12.1. The molecule has 3 rings (SSSR count). The minimum absolute atomic E-state index is 0.261. The summed E-state index contributed by atoms with van der Waals surface area (Å²) in [6, 6.07) is 2.33. The Balaban J connectivity index is 1.72. The molecule has 0 aromatic carbocycles. The Hall–Kier alpha value is -2.64. The molecular formula is C15H15FN4O3. The third-order valence-electron chi connectivity index (χ3n) is 4.12. The molecule has 0 saturated heterocycles. The highest BCUT2D eigenvalue weighted by Crippen LogP contribution is 2.44. The first-order chi connectivity index (χ1) is 11.1. The van der Waals surface area contributed by atoms with Gasteiger partial charge in [-0.3, -0.25) is 9.78 Å². The fourth-order valence-electron chi connectivity index (χ4n) is 3.04. The second-order valence-electron chi connectivity index (χ2n) is 5.54. The van der Waals surface area contributed by atoms with Gasteiger partial charge in [-0.2, -0.15) is 0 Å². The average Bonchev–Trinajstić information content (AvgIpc) is 2.79. The number of ketones is 1. The van der Waals surface area contributed by atoms with Crippen molar-refractivity contribution in [3.05, 3.63) is 36.0 Å². The fraction of sp³-hybridized carbons (Fsp3) is 0.400. The summed E-state index contributed by atoms with van der Waals surface area (Å²) >= 11 is 0. The van der Waals surface area contributed by atoms with Crippen LogP contribution in [0.5, 0.6) is 0 Å². The first kappa shape index (κ1) is 15.3. The number of nitrogens with zero attached hydrogens (tertiary/aromatic N) is 3. The van der Waals surface area contributed by atoms with E-state index in [0.717, 1.165) is 0 Å². The van der Waals surface area contributed by atoms with Crippen LogP contribution in [0.15, 0.2) is 46.2 Å². The minimum Gasteiger partial charge on any atom is -0.510 e. The number of anilines is 1. The fourth-order valence-corrected chi connectivity index (χ4v) is 3.04. The molecule has 3 atom stereocenters. The Labute approximate surface area is 131 Å². The van der Waals surface area contributed by atoms with Crippen molar-refractivity contribution >= 4 is 17.5 Å². The number of amides is 2. The van der Waals surface area contributed by atoms with Gasteiger partial charge < -0.3 is 10.4 Å². The van der Waals surface area contributed by atoms with E-state index in [1.54, 1.807) is 12.1 Å². The number of rotatable bonds is 2. The van der Waals surface area contributed by atoms with Crippen molar-refractivity contribution in [2.45, 2.75) is 25.4 Å². The molecule has 2 N–H and O–H groups in total. The predicted molar refractivity (Wildman–Crippen MR) is 78.5 cm³/mol. The maximum absolute atomic E-state index is 13.9. The molecule has 2 amide bonds. The number of Topliss-reactive ketones (excluding diaryl/α,β-unsaturated/α-hetero) is 1. The van der Waals surface area contributed by atoms with Gasteiger partial charge in [-0.15, -0.1) is 5.11 Å². The van der Waals surface area contributed by atoms with Crippen molar-refractivity contribution in [3.63, 3.8) is 0 Å². The van der Waals surface area contributed by atoms with Crippen LogP contribution < -0.4 is 5.32 Å². The van der Waals surface area contributed by atoms with Crippen LogP contribution in [0.1, 0.15) is 19.3 Å². The highest BCUT2D eigenvalue weighted by Gasteiger charge is 2.48. The Morgan fingerprint density at radius 2 is 2.09 bits per heavy atom. The quantitative estimate of drug-likeness (QED) is 0.817. The van der Waals surface area contributed by atoms with E-state index in [4.69, 9.17) is 0 Å². The first-order valence-corrected chi connectivity index (χ1v) is 7.32. The molecule has 0 radical (unpaired) electrons. The topological polar surface area (TPSA) is 104 Å². The lowest BCUT2D eigenvalue weighted by atomic mass is 9.79. The molecule has 2 aliphatic rings. The normalized spacial score (nSPS) is 27.3. The van der Waals surface area contributed by atoms with Crippen molar-refractivity contribution in [1.82, 2.24) is 4.98 Å². The number of urea groups is 1. The lowest BCUT2D eigenvalue weighted by Crippen LogP contribution is -2.32. The van der Waals surface area contributed by atoms with Gasteiger partial charge >= 0.3 is 6.03 Å². The number of hydrogen-bond acceptors (Lipinski definition) is 5. The number of pyridine rings is 1. The minimum atomic E-state index is -1.29. The summed E-state index contributed by atoms with van der Waals surface area (Å²) in [6.45, 7) is 0. The first-order valence-electron chi connectivity index (χ1n) is 7.32. The van der Waals surface area contributed by atoms with Gasteiger partial charge in [0.05, 0.1) is 5.92 Å². The Bertz CT molecular complexity index is 689. The number of carbonyl (C=O) groups is 2. The van der Waals surface area contributed by atoms with Crippen LogP contribution in [0, 0.1) is 11.8 Å². The molecule has 1 heterocycles.